The molecule has 0 amide bonds. The van der Waals surface area contributed by atoms with E-state index in [1.807, 2.05) is 36.4 Å². The lowest BCUT2D eigenvalue weighted by atomic mass is 10.1. The van der Waals surface area contributed by atoms with E-state index in [0.717, 1.165) is 41.6 Å². The van der Waals surface area contributed by atoms with Gasteiger partial charge in [-0.2, -0.15) is 0 Å². The Kier molecular flexibility index (Phi) is 11.9. The van der Waals surface area contributed by atoms with Crippen molar-refractivity contribution in [3.8, 4) is 17.2 Å². The second-order valence-electron chi connectivity index (χ2n) is 10.1. The molecule has 0 aliphatic carbocycles. The van der Waals surface area contributed by atoms with Gasteiger partial charge in [0.2, 0.25) is 0 Å². The maximum atomic E-state index is 5.85. The molecule has 0 fully saturated rings. The third-order valence-electron chi connectivity index (χ3n) is 6.79. The summed E-state index contributed by atoms with van der Waals surface area (Å²) in [6, 6.07) is 33.1. The van der Waals surface area contributed by atoms with Gasteiger partial charge in [-0.05, 0) is 65.2 Å². The van der Waals surface area contributed by atoms with Crippen molar-refractivity contribution < 1.29 is 23.7 Å². The predicted octanol–water partition coefficient (Wildman–Crippen LogP) is 6.59. The second-order valence-corrected chi connectivity index (χ2v) is 10.1. The minimum Gasteiger partial charge on any atom is -0.497 e. The van der Waals surface area contributed by atoms with Crippen molar-refractivity contribution in [3.05, 3.63) is 114 Å². The SMILES string of the molecule is COc1cccc(CN(Cc2cccc(N(C)C)c2)c2ccc(COCCOCCOc3cccc(OC)c3)cc2)c1. The molecule has 0 N–H and O–H groups in total. The standard InChI is InChI=1S/C35H42N2O5/c1-36(2)32-10-5-8-29(22-32)25-37(26-30-9-6-11-33(23-30)38-3)31-16-14-28(15-17-31)27-41-19-18-40-20-21-42-35-13-7-12-34(24-35)39-4/h5-17,22-24H,18-21,25-27H2,1-4H3. The first-order chi connectivity index (χ1) is 20.5. The lowest BCUT2D eigenvalue weighted by molar-refractivity contribution is 0.0303. The Morgan fingerprint density at radius 1 is 0.524 bits per heavy atom. The van der Waals surface area contributed by atoms with Crippen LogP contribution in [0.4, 0.5) is 11.4 Å². The fourth-order valence-electron chi connectivity index (χ4n) is 4.51. The molecular formula is C35H42N2O5. The molecule has 0 unspecified atom stereocenters. The van der Waals surface area contributed by atoms with Gasteiger partial charge in [-0.25, -0.2) is 0 Å². The van der Waals surface area contributed by atoms with Gasteiger partial charge >= 0.3 is 0 Å². The van der Waals surface area contributed by atoms with Gasteiger partial charge in [0.1, 0.15) is 23.9 Å². The van der Waals surface area contributed by atoms with Crippen LogP contribution in [0, 0.1) is 0 Å². The molecule has 4 rings (SSSR count). The summed E-state index contributed by atoms with van der Waals surface area (Å²) in [6.07, 6.45) is 0. The quantitative estimate of drug-likeness (QED) is 0.133. The van der Waals surface area contributed by atoms with E-state index >= 15 is 0 Å². The van der Waals surface area contributed by atoms with Crippen molar-refractivity contribution in [1.82, 2.24) is 0 Å². The van der Waals surface area contributed by atoms with Gasteiger partial charge in [0.05, 0.1) is 40.6 Å². The van der Waals surface area contributed by atoms with E-state index in [9.17, 15) is 0 Å². The molecule has 4 aromatic carbocycles. The summed E-state index contributed by atoms with van der Waals surface area (Å²) in [6.45, 7) is 4.08. The van der Waals surface area contributed by atoms with Gasteiger partial charge in [0.15, 0.2) is 0 Å². The van der Waals surface area contributed by atoms with Gasteiger partial charge in [-0.3, -0.25) is 0 Å². The Morgan fingerprint density at radius 2 is 1.12 bits per heavy atom. The predicted molar refractivity (Wildman–Crippen MR) is 169 cm³/mol. The maximum absolute atomic E-state index is 5.85. The molecule has 0 atom stereocenters. The van der Waals surface area contributed by atoms with Gasteiger partial charge < -0.3 is 33.5 Å². The van der Waals surface area contributed by atoms with Gasteiger partial charge in [0.25, 0.3) is 0 Å². The Hall–Kier alpha value is -4.20. The monoisotopic (exact) mass is 570 g/mol. The third kappa shape index (κ3) is 9.72. The highest BCUT2D eigenvalue weighted by molar-refractivity contribution is 5.52. The molecule has 0 spiro atoms. The van der Waals surface area contributed by atoms with Crippen LogP contribution in [0.2, 0.25) is 0 Å². The molecule has 0 heterocycles. The number of methoxy groups -OCH3 is 2. The summed E-state index contributed by atoms with van der Waals surface area (Å²) in [5.74, 6) is 2.40. The Balaban J connectivity index is 1.27. The number of hydrogen-bond acceptors (Lipinski definition) is 7. The number of ether oxygens (including phenoxy) is 5. The summed E-state index contributed by atoms with van der Waals surface area (Å²) in [7, 11) is 7.48. The molecule has 0 aliphatic rings. The topological polar surface area (TPSA) is 52.6 Å². The van der Waals surface area contributed by atoms with Crippen LogP contribution in [0.5, 0.6) is 17.2 Å². The van der Waals surface area contributed by atoms with E-state index in [4.69, 9.17) is 23.7 Å². The molecule has 222 valence electrons. The third-order valence-corrected chi connectivity index (χ3v) is 6.79. The van der Waals surface area contributed by atoms with Crippen molar-refractivity contribution >= 4 is 11.4 Å². The molecule has 0 aliphatic heterocycles. The second kappa shape index (κ2) is 16.3. The molecule has 7 heteroatoms. The van der Waals surface area contributed by atoms with E-state index in [2.05, 4.69) is 84.6 Å². The minimum atomic E-state index is 0.473. The largest absolute Gasteiger partial charge is 0.497 e. The average Bonchev–Trinajstić information content (AvgIpc) is 3.02. The van der Waals surface area contributed by atoms with Crippen molar-refractivity contribution in [3.63, 3.8) is 0 Å². The number of anilines is 2. The zero-order chi connectivity index (χ0) is 29.6. The summed E-state index contributed by atoms with van der Waals surface area (Å²) >= 11 is 0. The summed E-state index contributed by atoms with van der Waals surface area (Å²) in [5, 5.41) is 0. The molecule has 0 saturated heterocycles. The highest BCUT2D eigenvalue weighted by Crippen LogP contribution is 2.24. The first-order valence-corrected chi connectivity index (χ1v) is 14.2. The molecule has 0 radical (unpaired) electrons. The van der Waals surface area contributed by atoms with E-state index in [-0.39, 0.29) is 0 Å². The Morgan fingerprint density at radius 3 is 1.83 bits per heavy atom. The summed E-state index contributed by atoms with van der Waals surface area (Å²) in [5.41, 5.74) is 5.91. The van der Waals surface area contributed by atoms with E-state index in [0.29, 0.717) is 33.0 Å². The number of benzene rings is 4. The molecular weight excluding hydrogens is 528 g/mol. The van der Waals surface area contributed by atoms with Crippen LogP contribution in [0.25, 0.3) is 0 Å². The molecule has 7 nitrogen and oxygen atoms in total. The van der Waals surface area contributed by atoms with Crippen molar-refractivity contribution in [2.45, 2.75) is 19.7 Å². The normalized spacial score (nSPS) is 10.8. The number of nitrogens with zero attached hydrogens (tertiary/aromatic N) is 2. The molecule has 4 aromatic rings. The lowest BCUT2D eigenvalue weighted by Crippen LogP contribution is -2.22. The van der Waals surface area contributed by atoms with Crippen LogP contribution in [0.1, 0.15) is 16.7 Å². The van der Waals surface area contributed by atoms with E-state index < -0.39 is 0 Å². The molecule has 42 heavy (non-hydrogen) atoms. The van der Waals surface area contributed by atoms with Crippen molar-refractivity contribution in [2.75, 3.05) is 64.5 Å². The Labute approximate surface area is 250 Å². The van der Waals surface area contributed by atoms with E-state index in [1.54, 1.807) is 14.2 Å². The number of rotatable bonds is 17. The van der Waals surface area contributed by atoms with Gasteiger partial charge in [0, 0.05) is 44.6 Å². The maximum Gasteiger partial charge on any atom is 0.123 e. The van der Waals surface area contributed by atoms with E-state index in [1.165, 1.54) is 16.8 Å². The van der Waals surface area contributed by atoms with Crippen LogP contribution in [-0.2, 0) is 29.2 Å². The molecule has 0 bridgehead atoms. The van der Waals surface area contributed by atoms with Crippen LogP contribution >= 0.6 is 0 Å². The average molecular weight is 571 g/mol. The van der Waals surface area contributed by atoms with Crippen LogP contribution < -0.4 is 24.0 Å². The van der Waals surface area contributed by atoms with Gasteiger partial charge in [-0.15, -0.1) is 0 Å². The fraction of sp³-hybridized carbons (Fsp3) is 0.314. The number of hydrogen-bond donors (Lipinski definition) is 0. The van der Waals surface area contributed by atoms with Crippen LogP contribution in [0.3, 0.4) is 0 Å². The first-order valence-electron chi connectivity index (χ1n) is 14.2. The van der Waals surface area contributed by atoms with Crippen LogP contribution in [-0.4, -0.2) is 54.7 Å². The fourth-order valence-corrected chi connectivity index (χ4v) is 4.51. The lowest BCUT2D eigenvalue weighted by Gasteiger charge is -2.26. The summed E-state index contributed by atoms with van der Waals surface area (Å²) < 4.78 is 27.9. The van der Waals surface area contributed by atoms with Crippen molar-refractivity contribution in [1.29, 1.82) is 0 Å². The zero-order valence-electron chi connectivity index (χ0n) is 25.1. The minimum absolute atomic E-state index is 0.473. The smallest absolute Gasteiger partial charge is 0.123 e. The highest BCUT2D eigenvalue weighted by atomic mass is 16.5. The Bertz CT molecular complexity index is 1360. The van der Waals surface area contributed by atoms with Crippen LogP contribution in [0.15, 0.2) is 97.1 Å². The molecule has 0 aromatic heterocycles. The zero-order valence-corrected chi connectivity index (χ0v) is 25.1. The van der Waals surface area contributed by atoms with Gasteiger partial charge in [-0.1, -0.05) is 42.5 Å². The first kappa shape index (κ1) is 30.8. The summed E-state index contributed by atoms with van der Waals surface area (Å²) in [4.78, 5) is 4.52. The van der Waals surface area contributed by atoms with Crippen molar-refractivity contribution in [2.24, 2.45) is 0 Å². The molecule has 0 saturated carbocycles. The highest BCUT2D eigenvalue weighted by Gasteiger charge is 2.11.